The molecule has 1 amide bonds. The van der Waals surface area contributed by atoms with Gasteiger partial charge in [-0.2, -0.15) is 4.31 Å². The average Bonchev–Trinajstić information content (AvgIpc) is 2.88. The monoisotopic (exact) mass is 474 g/mol. The molecule has 1 aliphatic heterocycles. The maximum atomic E-state index is 13.1. The second kappa shape index (κ2) is 9.23. The van der Waals surface area contributed by atoms with Crippen molar-refractivity contribution in [2.45, 2.75) is 38.1 Å². The van der Waals surface area contributed by atoms with Crippen molar-refractivity contribution >= 4 is 44.8 Å². The van der Waals surface area contributed by atoms with Crippen LogP contribution >= 0.6 is 23.2 Å². The second-order valence-corrected chi connectivity index (χ2v) is 9.95. The van der Waals surface area contributed by atoms with Crippen molar-refractivity contribution in [2.24, 2.45) is 0 Å². The first-order chi connectivity index (χ1) is 14.1. The van der Waals surface area contributed by atoms with Gasteiger partial charge in [0, 0.05) is 31.2 Å². The number of hydrogen-bond donors (Lipinski definition) is 1. The van der Waals surface area contributed by atoms with E-state index in [1.807, 2.05) is 4.90 Å². The lowest BCUT2D eigenvalue weighted by molar-refractivity contribution is -0.120. The Morgan fingerprint density at radius 1 is 1.20 bits per heavy atom. The number of hydrogen-bond acceptors (Lipinski definition) is 6. The maximum absolute atomic E-state index is 13.1. The highest BCUT2D eigenvalue weighted by atomic mass is 35.5. The number of carbonyl (C=O) groups is 1. The SMILES string of the molecule is Cc1noc(C)c1S(=O)(=O)N1CCCN(C(C)C(=O)Nc2ccc(Cl)cc2Cl)CC1. The highest BCUT2D eigenvalue weighted by Gasteiger charge is 2.33. The van der Waals surface area contributed by atoms with Gasteiger partial charge in [0.05, 0.1) is 16.8 Å². The summed E-state index contributed by atoms with van der Waals surface area (Å²) in [5.74, 6) is 0.0578. The number of aryl methyl sites for hydroxylation is 2. The number of sulfonamides is 1. The molecule has 1 aliphatic rings. The number of carbonyl (C=O) groups excluding carboxylic acids is 1. The Labute approximate surface area is 186 Å². The topological polar surface area (TPSA) is 95.8 Å². The van der Waals surface area contributed by atoms with Gasteiger partial charge in [-0.15, -0.1) is 0 Å². The molecule has 1 fully saturated rings. The van der Waals surface area contributed by atoms with Gasteiger partial charge in [-0.05, 0) is 45.4 Å². The number of halogens is 2. The molecule has 0 spiro atoms. The fraction of sp³-hybridized carbons (Fsp3) is 0.474. The summed E-state index contributed by atoms with van der Waals surface area (Å²) in [4.78, 5) is 14.8. The quantitative estimate of drug-likeness (QED) is 0.713. The molecular weight excluding hydrogens is 451 g/mol. The fourth-order valence-corrected chi connectivity index (χ4v) is 5.72. The number of anilines is 1. The fourth-order valence-electron chi connectivity index (χ4n) is 3.51. The minimum Gasteiger partial charge on any atom is -0.360 e. The number of nitrogens with one attached hydrogen (secondary N) is 1. The third-order valence-electron chi connectivity index (χ3n) is 5.17. The first kappa shape index (κ1) is 23.0. The molecule has 0 aliphatic carbocycles. The first-order valence-electron chi connectivity index (χ1n) is 9.54. The van der Waals surface area contributed by atoms with Crippen LogP contribution < -0.4 is 5.32 Å². The van der Waals surface area contributed by atoms with Crippen LogP contribution in [0.3, 0.4) is 0 Å². The van der Waals surface area contributed by atoms with E-state index in [0.717, 1.165) is 0 Å². The molecule has 2 aromatic rings. The molecule has 2 heterocycles. The third-order valence-corrected chi connectivity index (χ3v) is 7.86. The van der Waals surface area contributed by atoms with Gasteiger partial charge in [0.15, 0.2) is 5.76 Å². The summed E-state index contributed by atoms with van der Waals surface area (Å²) in [6, 6.07) is 4.40. The molecule has 1 saturated heterocycles. The van der Waals surface area contributed by atoms with Crippen molar-refractivity contribution in [3.8, 4) is 0 Å². The van der Waals surface area contributed by atoms with E-state index in [1.54, 1.807) is 39.0 Å². The van der Waals surface area contributed by atoms with Crippen LogP contribution in [-0.4, -0.2) is 60.9 Å². The van der Waals surface area contributed by atoms with Crippen LogP contribution in [0.1, 0.15) is 24.8 Å². The zero-order valence-corrected chi connectivity index (χ0v) is 19.3. The van der Waals surface area contributed by atoms with Crippen LogP contribution in [0.2, 0.25) is 10.0 Å². The van der Waals surface area contributed by atoms with E-state index in [4.69, 9.17) is 27.7 Å². The van der Waals surface area contributed by atoms with E-state index in [0.29, 0.717) is 47.5 Å². The number of aromatic nitrogens is 1. The predicted octanol–water partition coefficient (Wildman–Crippen LogP) is 3.32. The largest absolute Gasteiger partial charge is 0.360 e. The van der Waals surface area contributed by atoms with E-state index in [1.165, 1.54) is 4.31 Å². The van der Waals surface area contributed by atoms with Crippen molar-refractivity contribution in [1.29, 1.82) is 0 Å². The van der Waals surface area contributed by atoms with Gasteiger partial charge >= 0.3 is 0 Å². The molecule has 30 heavy (non-hydrogen) atoms. The molecule has 0 radical (unpaired) electrons. The minimum atomic E-state index is -3.71. The number of rotatable bonds is 5. The highest BCUT2D eigenvalue weighted by Crippen LogP contribution is 2.27. The van der Waals surface area contributed by atoms with Gasteiger partial charge < -0.3 is 9.84 Å². The highest BCUT2D eigenvalue weighted by molar-refractivity contribution is 7.89. The summed E-state index contributed by atoms with van der Waals surface area (Å²) in [6.45, 7) is 6.64. The zero-order valence-electron chi connectivity index (χ0n) is 17.0. The van der Waals surface area contributed by atoms with Crippen molar-refractivity contribution in [3.05, 3.63) is 39.7 Å². The summed E-state index contributed by atoms with van der Waals surface area (Å²) in [5, 5.41) is 7.41. The van der Waals surface area contributed by atoms with E-state index in [9.17, 15) is 13.2 Å². The van der Waals surface area contributed by atoms with Crippen LogP contribution in [0.25, 0.3) is 0 Å². The average molecular weight is 475 g/mol. The van der Waals surface area contributed by atoms with Crippen LogP contribution in [0, 0.1) is 13.8 Å². The Bertz CT molecular complexity index is 1020. The van der Waals surface area contributed by atoms with Crippen molar-refractivity contribution in [3.63, 3.8) is 0 Å². The van der Waals surface area contributed by atoms with Gasteiger partial charge in [0.2, 0.25) is 15.9 Å². The molecule has 0 saturated carbocycles. The van der Waals surface area contributed by atoms with Gasteiger partial charge in [-0.1, -0.05) is 28.4 Å². The van der Waals surface area contributed by atoms with Crippen molar-refractivity contribution in [1.82, 2.24) is 14.4 Å². The Morgan fingerprint density at radius 3 is 2.57 bits per heavy atom. The number of amides is 1. The lowest BCUT2D eigenvalue weighted by Crippen LogP contribution is -2.44. The third kappa shape index (κ3) is 4.81. The maximum Gasteiger partial charge on any atom is 0.248 e. The molecule has 3 rings (SSSR count). The van der Waals surface area contributed by atoms with Gasteiger partial charge in [0.1, 0.15) is 10.6 Å². The smallest absolute Gasteiger partial charge is 0.248 e. The molecule has 11 heteroatoms. The normalized spacial score (nSPS) is 17.5. The lowest BCUT2D eigenvalue weighted by atomic mass is 10.2. The Hall–Kier alpha value is -1.65. The standard InChI is InChI=1S/C19H24Cl2N4O4S/c1-12-18(14(3)29-23-12)30(27,28)25-8-4-7-24(9-10-25)13(2)19(26)22-17-6-5-15(20)11-16(17)21/h5-6,11,13H,4,7-10H2,1-3H3,(H,22,26). The van der Waals surface area contributed by atoms with Gasteiger partial charge in [0.25, 0.3) is 0 Å². The van der Waals surface area contributed by atoms with E-state index in [2.05, 4.69) is 10.5 Å². The van der Waals surface area contributed by atoms with E-state index < -0.39 is 16.1 Å². The van der Waals surface area contributed by atoms with Crippen LogP contribution in [0.5, 0.6) is 0 Å². The molecule has 1 N–H and O–H groups in total. The molecule has 164 valence electrons. The van der Waals surface area contributed by atoms with Crippen molar-refractivity contribution < 1.29 is 17.7 Å². The number of nitrogens with zero attached hydrogens (tertiary/aromatic N) is 3. The number of benzene rings is 1. The van der Waals surface area contributed by atoms with Crippen LogP contribution in [0.4, 0.5) is 5.69 Å². The van der Waals surface area contributed by atoms with E-state index >= 15 is 0 Å². The summed E-state index contributed by atoms with van der Waals surface area (Å²) in [6.07, 6.45) is 0.599. The molecule has 1 unspecified atom stereocenters. The van der Waals surface area contributed by atoms with Gasteiger partial charge in [-0.3, -0.25) is 9.69 Å². The van der Waals surface area contributed by atoms with Crippen LogP contribution in [-0.2, 0) is 14.8 Å². The molecule has 1 aromatic heterocycles. The molecule has 8 nitrogen and oxygen atoms in total. The zero-order chi connectivity index (χ0) is 22.1. The van der Waals surface area contributed by atoms with Crippen LogP contribution in [0.15, 0.2) is 27.6 Å². The Balaban J connectivity index is 1.67. The van der Waals surface area contributed by atoms with E-state index in [-0.39, 0.29) is 23.1 Å². The molecule has 1 atom stereocenters. The summed E-state index contributed by atoms with van der Waals surface area (Å²) < 4.78 is 32.6. The lowest BCUT2D eigenvalue weighted by Gasteiger charge is -2.27. The molecule has 0 bridgehead atoms. The molecule has 1 aromatic carbocycles. The Morgan fingerprint density at radius 2 is 1.93 bits per heavy atom. The molecular formula is C19H24Cl2N4O4S. The van der Waals surface area contributed by atoms with Crippen molar-refractivity contribution in [2.75, 3.05) is 31.5 Å². The summed E-state index contributed by atoms with van der Waals surface area (Å²) in [7, 11) is -3.71. The first-order valence-corrected chi connectivity index (χ1v) is 11.7. The Kier molecular flexibility index (Phi) is 7.09. The summed E-state index contributed by atoms with van der Waals surface area (Å²) >= 11 is 12.0. The van der Waals surface area contributed by atoms with Gasteiger partial charge in [-0.25, -0.2) is 8.42 Å². The minimum absolute atomic E-state index is 0.124. The predicted molar refractivity (Wildman–Crippen MR) is 115 cm³/mol. The summed E-state index contributed by atoms with van der Waals surface area (Å²) in [5.41, 5.74) is 0.830. The second-order valence-electron chi connectivity index (χ2n) is 7.24.